The molecule has 3 aromatic heterocycles. The molecule has 7 nitrogen and oxygen atoms in total. The van der Waals surface area contributed by atoms with Crippen LogP contribution in [0, 0.1) is 5.82 Å². The number of amides is 1. The Bertz CT molecular complexity index is 1260. The van der Waals surface area contributed by atoms with E-state index in [0.29, 0.717) is 17.8 Å². The zero-order chi connectivity index (χ0) is 21.0. The number of aromatic nitrogens is 4. The predicted molar refractivity (Wildman–Crippen MR) is 94.9 cm³/mol. The SMILES string of the molecule is O=C(c1ccnn1C(F)(F)F)N1CCc2[nH]cnc2[C@@H]1c1oc2ccccc2c1F. The van der Waals surface area contributed by atoms with E-state index in [-0.39, 0.29) is 28.0 Å². The number of para-hydroxylation sites is 1. The second-order valence-corrected chi connectivity index (χ2v) is 6.79. The third-order valence-corrected chi connectivity index (χ3v) is 5.10. The van der Waals surface area contributed by atoms with Gasteiger partial charge < -0.3 is 14.3 Å². The number of hydrogen-bond donors (Lipinski definition) is 1. The summed E-state index contributed by atoms with van der Waals surface area (Å²) >= 11 is 0. The molecule has 30 heavy (non-hydrogen) atoms. The number of halogens is 4. The van der Waals surface area contributed by atoms with Crippen molar-refractivity contribution in [2.75, 3.05) is 6.54 Å². The number of carbonyl (C=O) groups excluding carboxylic acids is 1. The van der Waals surface area contributed by atoms with Crippen molar-refractivity contribution in [1.29, 1.82) is 0 Å². The summed E-state index contributed by atoms with van der Waals surface area (Å²) in [5.41, 5.74) is 0.572. The minimum absolute atomic E-state index is 0.0399. The minimum atomic E-state index is -4.87. The molecule has 0 spiro atoms. The number of benzene rings is 1. The Labute approximate surface area is 165 Å². The Hall–Kier alpha value is -3.63. The van der Waals surface area contributed by atoms with E-state index in [1.165, 1.54) is 12.4 Å². The van der Waals surface area contributed by atoms with Crippen molar-refractivity contribution in [2.24, 2.45) is 0 Å². The van der Waals surface area contributed by atoms with Crippen LogP contribution in [0.25, 0.3) is 11.0 Å². The molecule has 1 amide bonds. The van der Waals surface area contributed by atoms with Gasteiger partial charge in [0.1, 0.15) is 17.3 Å². The summed E-state index contributed by atoms with van der Waals surface area (Å²) in [6.07, 6.45) is -2.27. The zero-order valence-electron chi connectivity index (χ0n) is 15.2. The van der Waals surface area contributed by atoms with E-state index in [1.54, 1.807) is 18.2 Å². The van der Waals surface area contributed by atoms with Gasteiger partial charge >= 0.3 is 6.30 Å². The van der Waals surface area contributed by atoms with Crippen LogP contribution in [0.15, 0.2) is 47.3 Å². The number of H-pyrrole nitrogens is 1. The zero-order valence-corrected chi connectivity index (χ0v) is 15.2. The van der Waals surface area contributed by atoms with Crippen molar-refractivity contribution in [3.8, 4) is 0 Å². The van der Waals surface area contributed by atoms with Gasteiger partial charge in [0.15, 0.2) is 11.6 Å². The first kappa shape index (κ1) is 18.4. The van der Waals surface area contributed by atoms with Crippen LogP contribution < -0.4 is 0 Å². The average molecular weight is 419 g/mol. The Kier molecular flexibility index (Phi) is 3.95. The van der Waals surface area contributed by atoms with Crippen LogP contribution in [-0.4, -0.2) is 37.1 Å². The Morgan fingerprint density at radius 1 is 1.23 bits per heavy atom. The lowest BCUT2D eigenvalue weighted by atomic mass is 9.99. The first-order valence-corrected chi connectivity index (χ1v) is 8.97. The lowest BCUT2D eigenvalue weighted by Gasteiger charge is -2.33. The lowest BCUT2D eigenvalue weighted by molar-refractivity contribution is -0.213. The minimum Gasteiger partial charge on any atom is -0.455 e. The van der Waals surface area contributed by atoms with E-state index in [9.17, 15) is 18.0 Å². The van der Waals surface area contributed by atoms with Crippen molar-refractivity contribution in [1.82, 2.24) is 24.6 Å². The van der Waals surface area contributed by atoms with Gasteiger partial charge in [-0.25, -0.2) is 9.37 Å². The first-order chi connectivity index (χ1) is 14.4. The number of rotatable bonds is 2. The summed E-state index contributed by atoms with van der Waals surface area (Å²) in [5, 5.41) is 3.42. The summed E-state index contributed by atoms with van der Waals surface area (Å²) in [5.74, 6) is -1.83. The quantitative estimate of drug-likeness (QED) is 0.502. The molecule has 4 aromatic rings. The Balaban J connectivity index is 1.66. The molecule has 5 rings (SSSR count). The number of imidazole rings is 1. The monoisotopic (exact) mass is 419 g/mol. The average Bonchev–Trinajstić information content (AvgIpc) is 3.45. The molecular weight excluding hydrogens is 406 g/mol. The van der Waals surface area contributed by atoms with Gasteiger partial charge in [0.2, 0.25) is 0 Å². The number of aromatic amines is 1. The summed E-state index contributed by atoms with van der Waals surface area (Å²) in [6.45, 7) is 0.0399. The van der Waals surface area contributed by atoms with Crippen LogP contribution in [-0.2, 0) is 12.7 Å². The maximum atomic E-state index is 15.2. The Morgan fingerprint density at radius 3 is 2.80 bits per heavy atom. The Morgan fingerprint density at radius 2 is 2.03 bits per heavy atom. The summed E-state index contributed by atoms with van der Waals surface area (Å²) in [4.78, 5) is 21.4. The highest BCUT2D eigenvalue weighted by molar-refractivity contribution is 5.93. The largest absolute Gasteiger partial charge is 0.505 e. The molecular formula is C19H13F4N5O2. The van der Waals surface area contributed by atoms with Gasteiger partial charge in [-0.05, 0) is 18.2 Å². The molecule has 1 aromatic carbocycles. The third-order valence-electron chi connectivity index (χ3n) is 5.10. The maximum Gasteiger partial charge on any atom is 0.505 e. The van der Waals surface area contributed by atoms with Gasteiger partial charge in [-0.1, -0.05) is 12.1 Å². The van der Waals surface area contributed by atoms with E-state index >= 15 is 4.39 Å². The lowest BCUT2D eigenvalue weighted by Crippen LogP contribution is -2.42. The predicted octanol–water partition coefficient (Wildman–Crippen LogP) is 3.76. The molecule has 0 bridgehead atoms. The fourth-order valence-corrected chi connectivity index (χ4v) is 3.78. The van der Waals surface area contributed by atoms with Crippen LogP contribution in [0.3, 0.4) is 0 Å². The van der Waals surface area contributed by atoms with Crippen LogP contribution in [0.4, 0.5) is 17.6 Å². The summed E-state index contributed by atoms with van der Waals surface area (Å²) in [6, 6.07) is 6.24. The van der Waals surface area contributed by atoms with E-state index in [2.05, 4.69) is 15.1 Å². The second kappa shape index (κ2) is 6.44. The molecule has 11 heteroatoms. The number of nitrogens with zero attached hydrogens (tertiary/aromatic N) is 4. The smallest absolute Gasteiger partial charge is 0.455 e. The molecule has 1 atom stereocenters. The first-order valence-electron chi connectivity index (χ1n) is 8.97. The summed E-state index contributed by atoms with van der Waals surface area (Å²) in [7, 11) is 0. The third kappa shape index (κ3) is 2.69. The van der Waals surface area contributed by atoms with Gasteiger partial charge in [-0.15, -0.1) is 13.2 Å². The molecule has 1 aliphatic heterocycles. The maximum absolute atomic E-state index is 15.2. The molecule has 0 radical (unpaired) electrons. The molecule has 0 unspecified atom stereocenters. The van der Waals surface area contributed by atoms with Crippen molar-refractivity contribution in [2.45, 2.75) is 18.8 Å². The van der Waals surface area contributed by atoms with Crippen LogP contribution in [0.1, 0.15) is 33.7 Å². The topological polar surface area (TPSA) is 80.0 Å². The van der Waals surface area contributed by atoms with Crippen molar-refractivity contribution in [3.05, 3.63) is 71.5 Å². The van der Waals surface area contributed by atoms with E-state index in [1.807, 2.05) is 0 Å². The van der Waals surface area contributed by atoms with Gasteiger partial charge in [0.25, 0.3) is 5.91 Å². The highest BCUT2D eigenvalue weighted by Crippen LogP contribution is 2.39. The molecule has 154 valence electrons. The fourth-order valence-electron chi connectivity index (χ4n) is 3.78. The van der Waals surface area contributed by atoms with E-state index < -0.39 is 29.8 Å². The summed E-state index contributed by atoms with van der Waals surface area (Å²) < 4.78 is 60.4. The molecule has 0 aliphatic carbocycles. The van der Waals surface area contributed by atoms with E-state index in [0.717, 1.165) is 17.2 Å². The number of nitrogens with one attached hydrogen (secondary N) is 1. The molecule has 0 saturated heterocycles. The van der Waals surface area contributed by atoms with Crippen LogP contribution in [0.2, 0.25) is 0 Å². The van der Waals surface area contributed by atoms with Crippen molar-refractivity contribution in [3.63, 3.8) is 0 Å². The van der Waals surface area contributed by atoms with Gasteiger partial charge in [0, 0.05) is 18.7 Å². The fraction of sp³-hybridized carbons (Fsp3) is 0.211. The van der Waals surface area contributed by atoms with Crippen LogP contribution >= 0.6 is 0 Å². The number of alkyl halides is 3. The number of carbonyl (C=O) groups is 1. The van der Waals surface area contributed by atoms with Gasteiger partial charge in [0.05, 0.1) is 23.6 Å². The van der Waals surface area contributed by atoms with Crippen LogP contribution in [0.5, 0.6) is 0 Å². The highest BCUT2D eigenvalue weighted by atomic mass is 19.4. The molecule has 1 N–H and O–H groups in total. The number of furan rings is 1. The molecule has 0 fully saturated rings. The second-order valence-electron chi connectivity index (χ2n) is 6.79. The number of hydrogen-bond acceptors (Lipinski definition) is 4. The van der Waals surface area contributed by atoms with E-state index in [4.69, 9.17) is 4.42 Å². The standard InChI is InChI=1S/C19H13F4N5O2/c20-14-10-3-1-2-4-13(10)30-17(14)16-15-11(24-9-25-15)6-8-27(16)18(29)12-5-7-26-28(12)19(21,22)23/h1-5,7,9,16H,6,8H2,(H,24,25)/t16-/m1/s1. The molecule has 1 aliphatic rings. The van der Waals surface area contributed by atoms with Crippen molar-refractivity contribution >= 4 is 16.9 Å². The normalized spacial score (nSPS) is 16.8. The van der Waals surface area contributed by atoms with Gasteiger partial charge in [-0.3, -0.25) is 4.79 Å². The van der Waals surface area contributed by atoms with Crippen molar-refractivity contribution < 1.29 is 26.8 Å². The highest BCUT2D eigenvalue weighted by Gasteiger charge is 2.42. The molecule has 4 heterocycles. The number of fused-ring (bicyclic) bond motifs is 2. The molecule has 0 saturated carbocycles. The van der Waals surface area contributed by atoms with Gasteiger partial charge in [-0.2, -0.15) is 9.78 Å².